The van der Waals surface area contributed by atoms with Gasteiger partial charge in [-0.15, -0.1) is 0 Å². The SMILES string of the molecule is CC(c1ccccc1)C(C)(C)C(=O)C(C)(C)C(C)c1ccccc1. The number of carbonyl (C=O) groups is 1. The summed E-state index contributed by atoms with van der Waals surface area (Å²) in [6, 6.07) is 20.7. The fraction of sp³-hybridized carbons (Fsp3) is 0.435. The van der Waals surface area contributed by atoms with Crippen LogP contribution >= 0.6 is 0 Å². The second-order valence-corrected chi connectivity index (χ2v) is 8.04. The van der Waals surface area contributed by atoms with E-state index in [1.54, 1.807) is 0 Å². The van der Waals surface area contributed by atoms with Crippen molar-refractivity contribution >= 4 is 5.78 Å². The number of rotatable bonds is 6. The van der Waals surface area contributed by atoms with Crippen molar-refractivity contribution in [3.8, 4) is 0 Å². The maximum Gasteiger partial charge on any atom is 0.145 e. The quantitative estimate of drug-likeness (QED) is 0.617. The molecule has 0 aliphatic rings. The first-order valence-electron chi connectivity index (χ1n) is 8.83. The molecule has 2 aromatic rings. The van der Waals surface area contributed by atoms with E-state index in [1.165, 1.54) is 11.1 Å². The third-order valence-electron chi connectivity index (χ3n) is 5.93. The van der Waals surface area contributed by atoms with Crippen molar-refractivity contribution in [1.29, 1.82) is 0 Å². The second kappa shape index (κ2) is 6.93. The molecule has 2 atom stereocenters. The van der Waals surface area contributed by atoms with Crippen LogP contribution in [0.25, 0.3) is 0 Å². The van der Waals surface area contributed by atoms with Crippen molar-refractivity contribution in [2.24, 2.45) is 10.8 Å². The average Bonchev–Trinajstić information content (AvgIpc) is 2.61. The van der Waals surface area contributed by atoms with Gasteiger partial charge < -0.3 is 0 Å². The van der Waals surface area contributed by atoms with Gasteiger partial charge in [-0.3, -0.25) is 4.79 Å². The Hall–Kier alpha value is -1.89. The van der Waals surface area contributed by atoms with Crippen LogP contribution in [-0.4, -0.2) is 5.78 Å². The number of carbonyl (C=O) groups excluding carboxylic acids is 1. The molecule has 0 bridgehead atoms. The molecule has 2 rings (SSSR count). The third-order valence-corrected chi connectivity index (χ3v) is 5.93. The molecule has 0 aliphatic heterocycles. The van der Waals surface area contributed by atoms with Crippen LogP contribution in [0.4, 0.5) is 0 Å². The zero-order valence-corrected chi connectivity index (χ0v) is 15.8. The van der Waals surface area contributed by atoms with E-state index in [9.17, 15) is 4.79 Å². The van der Waals surface area contributed by atoms with Crippen molar-refractivity contribution in [2.75, 3.05) is 0 Å². The van der Waals surface area contributed by atoms with E-state index in [1.807, 2.05) is 36.4 Å². The van der Waals surface area contributed by atoms with Gasteiger partial charge in [-0.2, -0.15) is 0 Å². The number of hydrogen-bond donors (Lipinski definition) is 0. The Kier molecular flexibility index (Phi) is 5.32. The molecular weight excluding hydrogens is 292 g/mol. The van der Waals surface area contributed by atoms with Gasteiger partial charge in [0, 0.05) is 10.8 Å². The Morgan fingerprint density at radius 2 is 0.958 bits per heavy atom. The van der Waals surface area contributed by atoms with Crippen molar-refractivity contribution < 1.29 is 4.79 Å². The minimum atomic E-state index is -0.423. The van der Waals surface area contributed by atoms with E-state index < -0.39 is 10.8 Å². The van der Waals surface area contributed by atoms with Gasteiger partial charge in [0.25, 0.3) is 0 Å². The Labute approximate surface area is 147 Å². The van der Waals surface area contributed by atoms with Crippen molar-refractivity contribution in [3.05, 3.63) is 71.8 Å². The number of hydrogen-bond acceptors (Lipinski definition) is 1. The molecular formula is C23H30O. The van der Waals surface area contributed by atoms with Gasteiger partial charge in [-0.1, -0.05) is 102 Å². The minimum Gasteiger partial charge on any atom is -0.298 e. The van der Waals surface area contributed by atoms with Crippen LogP contribution in [-0.2, 0) is 4.79 Å². The van der Waals surface area contributed by atoms with Crippen LogP contribution < -0.4 is 0 Å². The Balaban J connectivity index is 2.31. The van der Waals surface area contributed by atoms with E-state index in [4.69, 9.17) is 0 Å². The van der Waals surface area contributed by atoms with Gasteiger partial charge in [0.2, 0.25) is 0 Å². The second-order valence-electron chi connectivity index (χ2n) is 8.04. The molecule has 0 amide bonds. The van der Waals surface area contributed by atoms with Crippen LogP contribution in [0.3, 0.4) is 0 Å². The number of Topliss-reactive ketones (excluding diaryl/α,β-unsaturated/α-hetero) is 1. The molecule has 0 saturated heterocycles. The summed E-state index contributed by atoms with van der Waals surface area (Å²) in [7, 11) is 0. The highest BCUT2D eigenvalue weighted by atomic mass is 16.1. The molecule has 0 spiro atoms. The summed E-state index contributed by atoms with van der Waals surface area (Å²) in [6.07, 6.45) is 0. The van der Waals surface area contributed by atoms with E-state index >= 15 is 0 Å². The molecule has 0 fully saturated rings. The molecule has 0 aliphatic carbocycles. The van der Waals surface area contributed by atoms with Crippen LogP contribution in [0.5, 0.6) is 0 Å². The van der Waals surface area contributed by atoms with Gasteiger partial charge >= 0.3 is 0 Å². The van der Waals surface area contributed by atoms with Crippen molar-refractivity contribution in [1.82, 2.24) is 0 Å². The zero-order valence-electron chi connectivity index (χ0n) is 15.8. The molecule has 1 heteroatoms. The van der Waals surface area contributed by atoms with E-state index in [2.05, 4.69) is 65.8 Å². The molecule has 0 saturated carbocycles. The molecule has 24 heavy (non-hydrogen) atoms. The molecule has 0 aromatic heterocycles. The number of benzene rings is 2. The summed E-state index contributed by atoms with van der Waals surface area (Å²) in [5.74, 6) is 0.671. The molecule has 2 unspecified atom stereocenters. The van der Waals surface area contributed by atoms with Crippen LogP contribution in [0.2, 0.25) is 0 Å². The summed E-state index contributed by atoms with van der Waals surface area (Å²) in [5, 5.41) is 0. The monoisotopic (exact) mass is 322 g/mol. The lowest BCUT2D eigenvalue weighted by Gasteiger charge is -2.41. The van der Waals surface area contributed by atoms with E-state index in [-0.39, 0.29) is 11.8 Å². The maximum absolute atomic E-state index is 13.5. The lowest BCUT2D eigenvalue weighted by Crippen LogP contribution is -2.42. The average molecular weight is 322 g/mol. The topological polar surface area (TPSA) is 17.1 Å². The Morgan fingerprint density at radius 3 is 1.25 bits per heavy atom. The molecule has 0 radical (unpaired) electrons. The van der Waals surface area contributed by atoms with Crippen LogP contribution in [0, 0.1) is 10.8 Å². The highest BCUT2D eigenvalue weighted by Gasteiger charge is 2.45. The van der Waals surface area contributed by atoms with E-state index in [0.29, 0.717) is 5.78 Å². The molecule has 128 valence electrons. The Bertz CT molecular complexity index is 608. The highest BCUT2D eigenvalue weighted by Crippen LogP contribution is 2.46. The van der Waals surface area contributed by atoms with Crippen molar-refractivity contribution in [2.45, 2.75) is 53.4 Å². The predicted molar refractivity (Wildman–Crippen MR) is 102 cm³/mol. The molecule has 0 heterocycles. The molecule has 0 N–H and O–H groups in total. The predicted octanol–water partition coefficient (Wildman–Crippen LogP) is 6.22. The normalized spacial score (nSPS) is 14.9. The Morgan fingerprint density at radius 1 is 0.667 bits per heavy atom. The van der Waals surface area contributed by atoms with Gasteiger partial charge in [-0.25, -0.2) is 0 Å². The standard InChI is InChI=1S/C23H30O/c1-17(19-13-9-7-10-14-19)22(3,4)21(24)23(5,6)18(2)20-15-11-8-12-16-20/h7-18H,1-6H3. The first-order valence-corrected chi connectivity index (χ1v) is 8.83. The summed E-state index contributed by atoms with van der Waals surface area (Å²) >= 11 is 0. The third kappa shape index (κ3) is 3.45. The summed E-state index contributed by atoms with van der Waals surface area (Å²) in [4.78, 5) is 13.5. The van der Waals surface area contributed by atoms with Gasteiger partial charge in [0.15, 0.2) is 0 Å². The van der Waals surface area contributed by atoms with Gasteiger partial charge in [0.05, 0.1) is 0 Å². The summed E-state index contributed by atoms with van der Waals surface area (Å²) in [6.45, 7) is 12.7. The van der Waals surface area contributed by atoms with E-state index in [0.717, 1.165) is 0 Å². The molecule has 2 aromatic carbocycles. The first kappa shape index (κ1) is 18.4. The lowest BCUT2D eigenvalue weighted by molar-refractivity contribution is -0.138. The van der Waals surface area contributed by atoms with Gasteiger partial charge in [-0.05, 0) is 23.0 Å². The van der Waals surface area contributed by atoms with Crippen LogP contribution in [0.1, 0.15) is 64.5 Å². The number of ketones is 1. The summed E-state index contributed by atoms with van der Waals surface area (Å²) in [5.41, 5.74) is 1.60. The lowest BCUT2D eigenvalue weighted by atomic mass is 9.61. The minimum absolute atomic E-state index is 0.174. The fourth-order valence-corrected chi connectivity index (χ4v) is 3.54. The van der Waals surface area contributed by atoms with Gasteiger partial charge in [0.1, 0.15) is 5.78 Å². The zero-order chi connectivity index (χ0) is 18.0. The highest BCUT2D eigenvalue weighted by molar-refractivity contribution is 5.90. The largest absolute Gasteiger partial charge is 0.298 e. The maximum atomic E-state index is 13.5. The summed E-state index contributed by atoms with van der Waals surface area (Å²) < 4.78 is 0. The molecule has 1 nitrogen and oxygen atoms in total. The first-order chi connectivity index (χ1) is 11.2. The van der Waals surface area contributed by atoms with Crippen molar-refractivity contribution in [3.63, 3.8) is 0 Å². The van der Waals surface area contributed by atoms with Crippen LogP contribution in [0.15, 0.2) is 60.7 Å². The smallest absolute Gasteiger partial charge is 0.145 e. The fourth-order valence-electron chi connectivity index (χ4n) is 3.54.